The molecule has 3 nitrogen and oxygen atoms in total. The zero-order chi connectivity index (χ0) is 18.4. The Morgan fingerprint density at radius 3 is 2.32 bits per heavy atom. The van der Waals surface area contributed by atoms with Crippen LogP contribution in [0.5, 0.6) is 5.75 Å². The predicted octanol–water partition coefficient (Wildman–Crippen LogP) is 4.71. The fourth-order valence-corrected chi connectivity index (χ4v) is 2.27. The number of rotatable bonds is 5. The van der Waals surface area contributed by atoms with Crippen LogP contribution in [0, 0.1) is 0 Å². The largest absolute Gasteiger partial charge is 0.497 e. The van der Waals surface area contributed by atoms with Crippen LogP contribution < -0.4 is 4.74 Å². The molecule has 0 aliphatic rings. The standard InChI is InChI=1S/C19H17F3O3/c1-3-25-18(23)12-17(13-7-9-16(24-2)10-8-13)14-5-4-6-15(11-14)19(20,21)22/h4-12H,3H2,1-2H3. The molecule has 0 bridgehead atoms. The Bertz CT molecular complexity index is 762. The van der Waals surface area contributed by atoms with E-state index in [1.54, 1.807) is 31.2 Å². The van der Waals surface area contributed by atoms with Gasteiger partial charge in [0.05, 0.1) is 19.3 Å². The third kappa shape index (κ3) is 4.86. The van der Waals surface area contributed by atoms with E-state index in [0.717, 1.165) is 12.1 Å². The Kier molecular flexibility index (Phi) is 5.85. The molecule has 0 aromatic heterocycles. The van der Waals surface area contributed by atoms with Crippen molar-refractivity contribution in [1.29, 1.82) is 0 Å². The number of hydrogen-bond acceptors (Lipinski definition) is 3. The summed E-state index contributed by atoms with van der Waals surface area (Å²) in [6, 6.07) is 11.5. The zero-order valence-corrected chi connectivity index (χ0v) is 13.8. The number of halogens is 3. The van der Waals surface area contributed by atoms with Gasteiger partial charge in [-0.2, -0.15) is 13.2 Å². The minimum absolute atomic E-state index is 0.174. The Morgan fingerprint density at radius 1 is 1.08 bits per heavy atom. The van der Waals surface area contributed by atoms with Crippen molar-refractivity contribution in [2.75, 3.05) is 13.7 Å². The van der Waals surface area contributed by atoms with E-state index in [-0.39, 0.29) is 12.2 Å². The molecule has 6 heteroatoms. The average molecular weight is 350 g/mol. The third-order valence-electron chi connectivity index (χ3n) is 3.45. The Balaban J connectivity index is 2.53. The summed E-state index contributed by atoms with van der Waals surface area (Å²) in [7, 11) is 1.51. The van der Waals surface area contributed by atoms with Crippen LogP contribution in [0.3, 0.4) is 0 Å². The second kappa shape index (κ2) is 7.88. The molecule has 132 valence electrons. The number of carbonyl (C=O) groups excluding carboxylic acids is 1. The van der Waals surface area contributed by atoms with Crippen LogP contribution in [0.1, 0.15) is 23.6 Å². The van der Waals surface area contributed by atoms with Crippen molar-refractivity contribution in [2.45, 2.75) is 13.1 Å². The van der Waals surface area contributed by atoms with Gasteiger partial charge in [-0.1, -0.05) is 24.3 Å². The van der Waals surface area contributed by atoms with Crippen LogP contribution in [0.4, 0.5) is 13.2 Å². The Morgan fingerprint density at radius 2 is 1.76 bits per heavy atom. The van der Waals surface area contributed by atoms with Crippen molar-refractivity contribution in [3.8, 4) is 5.75 Å². The summed E-state index contributed by atoms with van der Waals surface area (Å²) in [5, 5.41) is 0. The van der Waals surface area contributed by atoms with Crippen LogP contribution in [-0.4, -0.2) is 19.7 Å². The lowest BCUT2D eigenvalue weighted by Crippen LogP contribution is -2.06. The van der Waals surface area contributed by atoms with Crippen LogP contribution >= 0.6 is 0 Å². The van der Waals surface area contributed by atoms with Crippen molar-refractivity contribution in [3.63, 3.8) is 0 Å². The molecule has 2 rings (SSSR count). The number of ether oxygens (including phenoxy) is 2. The van der Waals surface area contributed by atoms with Gasteiger partial charge in [0.2, 0.25) is 0 Å². The van der Waals surface area contributed by atoms with Gasteiger partial charge in [-0.25, -0.2) is 4.79 Å². The lowest BCUT2D eigenvalue weighted by atomic mass is 9.96. The molecule has 2 aromatic rings. The maximum Gasteiger partial charge on any atom is 0.416 e. The number of esters is 1. The summed E-state index contributed by atoms with van der Waals surface area (Å²) in [5.74, 6) is -0.0194. The SMILES string of the molecule is CCOC(=O)C=C(c1ccc(OC)cc1)c1cccc(C(F)(F)F)c1. The molecule has 2 aromatic carbocycles. The van der Waals surface area contributed by atoms with Gasteiger partial charge in [-0.05, 0) is 47.9 Å². The number of methoxy groups -OCH3 is 1. The summed E-state index contributed by atoms with van der Waals surface area (Å²) in [4.78, 5) is 11.9. The summed E-state index contributed by atoms with van der Waals surface area (Å²) < 4.78 is 48.9. The zero-order valence-electron chi connectivity index (χ0n) is 13.8. The normalized spacial score (nSPS) is 12.0. The van der Waals surface area contributed by atoms with Crippen LogP contribution in [0.15, 0.2) is 54.6 Å². The van der Waals surface area contributed by atoms with E-state index in [4.69, 9.17) is 9.47 Å². The molecule has 0 N–H and O–H groups in total. The van der Waals surface area contributed by atoms with E-state index in [2.05, 4.69) is 0 Å². The number of alkyl halides is 3. The van der Waals surface area contributed by atoms with Crippen molar-refractivity contribution < 1.29 is 27.4 Å². The third-order valence-corrected chi connectivity index (χ3v) is 3.45. The van der Waals surface area contributed by atoms with Crippen molar-refractivity contribution in [3.05, 3.63) is 71.3 Å². The molecule has 0 fully saturated rings. The first-order valence-electron chi connectivity index (χ1n) is 7.55. The molecule has 0 unspecified atom stereocenters. The monoisotopic (exact) mass is 350 g/mol. The number of benzene rings is 2. The van der Waals surface area contributed by atoms with Gasteiger partial charge in [0.25, 0.3) is 0 Å². The fourth-order valence-electron chi connectivity index (χ4n) is 2.27. The molecule has 25 heavy (non-hydrogen) atoms. The van der Waals surface area contributed by atoms with Crippen molar-refractivity contribution in [2.24, 2.45) is 0 Å². The van der Waals surface area contributed by atoms with Gasteiger partial charge in [-0.15, -0.1) is 0 Å². The van der Waals surface area contributed by atoms with E-state index in [9.17, 15) is 18.0 Å². The molecule has 0 saturated carbocycles. The summed E-state index contributed by atoms with van der Waals surface area (Å²) >= 11 is 0. The van der Waals surface area contributed by atoms with Crippen molar-refractivity contribution >= 4 is 11.5 Å². The highest BCUT2D eigenvalue weighted by Gasteiger charge is 2.30. The topological polar surface area (TPSA) is 35.5 Å². The second-order valence-electron chi connectivity index (χ2n) is 5.12. The van der Waals surface area contributed by atoms with E-state index in [0.29, 0.717) is 16.9 Å². The van der Waals surface area contributed by atoms with Gasteiger partial charge in [0.1, 0.15) is 5.75 Å². The summed E-state index contributed by atoms with van der Waals surface area (Å²) in [6.07, 6.45) is -3.27. The van der Waals surface area contributed by atoms with E-state index in [1.165, 1.54) is 25.3 Å². The summed E-state index contributed by atoms with van der Waals surface area (Å²) in [6.45, 7) is 1.83. The second-order valence-corrected chi connectivity index (χ2v) is 5.12. The first-order chi connectivity index (χ1) is 11.8. The van der Waals surface area contributed by atoms with Gasteiger partial charge < -0.3 is 9.47 Å². The lowest BCUT2D eigenvalue weighted by molar-refractivity contribution is -0.138. The molecule has 0 spiro atoms. The van der Waals surface area contributed by atoms with Gasteiger partial charge in [0, 0.05) is 6.08 Å². The quantitative estimate of drug-likeness (QED) is 0.579. The Hall–Kier alpha value is -2.76. The molecular weight excluding hydrogens is 333 g/mol. The van der Waals surface area contributed by atoms with E-state index >= 15 is 0 Å². The predicted molar refractivity (Wildman–Crippen MR) is 88.2 cm³/mol. The van der Waals surface area contributed by atoms with Gasteiger partial charge in [0.15, 0.2) is 0 Å². The smallest absolute Gasteiger partial charge is 0.416 e. The molecule has 0 atom stereocenters. The van der Waals surface area contributed by atoms with Crippen LogP contribution in [-0.2, 0) is 15.7 Å². The average Bonchev–Trinajstić information content (AvgIpc) is 2.59. The highest BCUT2D eigenvalue weighted by molar-refractivity contribution is 5.96. The summed E-state index contributed by atoms with van der Waals surface area (Å²) in [5.41, 5.74) is 0.404. The number of carbonyl (C=O) groups is 1. The minimum Gasteiger partial charge on any atom is -0.497 e. The number of hydrogen-bond donors (Lipinski definition) is 0. The highest BCUT2D eigenvalue weighted by Crippen LogP contribution is 2.33. The van der Waals surface area contributed by atoms with Crippen molar-refractivity contribution in [1.82, 2.24) is 0 Å². The van der Waals surface area contributed by atoms with Crippen LogP contribution in [0.2, 0.25) is 0 Å². The lowest BCUT2D eigenvalue weighted by Gasteiger charge is -2.12. The molecule has 0 saturated heterocycles. The maximum absolute atomic E-state index is 13.0. The van der Waals surface area contributed by atoms with Gasteiger partial charge in [-0.3, -0.25) is 0 Å². The first kappa shape index (κ1) is 18.6. The minimum atomic E-state index is -4.47. The van der Waals surface area contributed by atoms with E-state index < -0.39 is 17.7 Å². The Labute approximate surface area is 143 Å². The fraction of sp³-hybridized carbons (Fsp3) is 0.211. The molecule has 0 heterocycles. The maximum atomic E-state index is 13.0. The first-order valence-corrected chi connectivity index (χ1v) is 7.55. The van der Waals surface area contributed by atoms with Crippen LogP contribution in [0.25, 0.3) is 5.57 Å². The van der Waals surface area contributed by atoms with E-state index in [1.807, 2.05) is 0 Å². The van der Waals surface area contributed by atoms with Gasteiger partial charge >= 0.3 is 12.1 Å². The highest BCUT2D eigenvalue weighted by atomic mass is 19.4. The molecule has 0 radical (unpaired) electrons. The molecular formula is C19H17F3O3. The molecule has 0 amide bonds. The molecule has 0 aliphatic heterocycles. The molecule has 0 aliphatic carbocycles.